The molecule has 1 N–H and O–H groups in total. The Bertz CT molecular complexity index is 1490. The number of carboxylic acids is 1. The van der Waals surface area contributed by atoms with Crippen LogP contribution in [0.25, 0.3) is 11.5 Å². The molecular formula is C23H16Cl2FN5O4. The third-order valence-corrected chi connectivity index (χ3v) is 5.55. The Morgan fingerprint density at radius 3 is 2.74 bits per heavy atom. The van der Waals surface area contributed by atoms with E-state index in [9.17, 15) is 4.79 Å². The van der Waals surface area contributed by atoms with Crippen LogP contribution in [0.3, 0.4) is 0 Å². The van der Waals surface area contributed by atoms with E-state index in [1.165, 1.54) is 35.0 Å². The van der Waals surface area contributed by atoms with Gasteiger partial charge in [0.2, 0.25) is 5.89 Å². The van der Waals surface area contributed by atoms with E-state index < -0.39 is 11.8 Å². The highest BCUT2D eigenvalue weighted by Gasteiger charge is 2.22. The fraction of sp³-hybridized carbons (Fsp3) is 0.174. The average molecular weight is 516 g/mol. The lowest BCUT2D eigenvalue weighted by Crippen LogP contribution is -2.11. The lowest BCUT2D eigenvalue weighted by atomic mass is 10.1. The van der Waals surface area contributed by atoms with Crippen LogP contribution >= 0.6 is 23.2 Å². The monoisotopic (exact) mass is 515 g/mol. The summed E-state index contributed by atoms with van der Waals surface area (Å²) in [6, 6.07) is 9.17. The van der Waals surface area contributed by atoms with Gasteiger partial charge in [0.05, 0.1) is 34.3 Å². The van der Waals surface area contributed by atoms with Crippen LogP contribution in [-0.4, -0.2) is 31.1 Å². The maximum Gasteiger partial charge on any atom is 0.325 e. The van der Waals surface area contributed by atoms with Gasteiger partial charge in [-0.05, 0) is 38.1 Å². The molecule has 9 nitrogen and oxygen atoms in total. The van der Waals surface area contributed by atoms with Crippen molar-refractivity contribution >= 4 is 29.2 Å². The first-order valence-electron chi connectivity index (χ1n) is 10.1. The summed E-state index contributed by atoms with van der Waals surface area (Å²) < 4.78 is 28.0. The molecule has 0 radical (unpaired) electrons. The zero-order valence-corrected chi connectivity index (χ0v) is 19.9. The van der Waals surface area contributed by atoms with E-state index in [0.29, 0.717) is 17.0 Å². The summed E-state index contributed by atoms with van der Waals surface area (Å²) >= 11 is 12.2. The Kier molecular flexibility index (Phi) is 6.73. The molecule has 0 unspecified atom stereocenters. The number of carboxylic acid groups (broad SMARTS) is 1. The Morgan fingerprint density at radius 1 is 1.26 bits per heavy atom. The number of halogens is 3. The standard InChI is InChI=1S/C23H16Cl2FN5O4/c1-11-20(12(2)31(30-11)10-19(32)33)23-29-28-18(35-23)7-14-3-4-17(25)22(21(14)26)34-16-6-13(9-27)5-15(24)8-16/h3-6,8H,7,10H2,1-2H3,(H,32,33). The number of nitriles is 1. The number of rotatable bonds is 7. The zero-order chi connectivity index (χ0) is 25.3. The van der Waals surface area contributed by atoms with E-state index in [-0.39, 0.29) is 57.4 Å². The number of ether oxygens (including phenoxy) is 1. The molecule has 0 aliphatic carbocycles. The van der Waals surface area contributed by atoms with E-state index in [1.807, 2.05) is 6.07 Å². The number of hydrogen-bond acceptors (Lipinski definition) is 7. The molecular weight excluding hydrogens is 500 g/mol. The molecule has 4 aromatic rings. The highest BCUT2D eigenvalue weighted by molar-refractivity contribution is 6.32. The van der Waals surface area contributed by atoms with Crippen LogP contribution in [0.1, 0.15) is 28.4 Å². The second kappa shape index (κ2) is 9.74. The molecule has 2 heterocycles. The van der Waals surface area contributed by atoms with Crippen molar-refractivity contribution in [3.8, 4) is 29.0 Å². The van der Waals surface area contributed by atoms with Crippen molar-refractivity contribution < 1.29 is 23.4 Å². The summed E-state index contributed by atoms with van der Waals surface area (Å²) in [6.07, 6.45) is -0.0628. The van der Waals surface area contributed by atoms with Crippen molar-refractivity contribution in [3.05, 3.63) is 74.6 Å². The molecule has 0 saturated carbocycles. The molecule has 0 fully saturated rings. The van der Waals surface area contributed by atoms with Crippen LogP contribution in [0.4, 0.5) is 4.39 Å². The number of carbonyl (C=O) groups is 1. The number of aliphatic carboxylic acids is 1. The predicted molar refractivity (Wildman–Crippen MR) is 123 cm³/mol. The highest BCUT2D eigenvalue weighted by Crippen LogP contribution is 2.36. The summed E-state index contributed by atoms with van der Waals surface area (Å²) in [6.45, 7) is 3.08. The van der Waals surface area contributed by atoms with Crippen LogP contribution in [0.15, 0.2) is 34.7 Å². The molecule has 0 aliphatic rings. The van der Waals surface area contributed by atoms with Crippen molar-refractivity contribution in [1.82, 2.24) is 20.0 Å². The first-order valence-corrected chi connectivity index (χ1v) is 10.9. The van der Waals surface area contributed by atoms with Crippen LogP contribution in [-0.2, 0) is 17.8 Å². The van der Waals surface area contributed by atoms with Gasteiger partial charge in [-0.3, -0.25) is 9.48 Å². The predicted octanol–water partition coefficient (Wildman–Crippen LogP) is 5.34. The molecule has 4 rings (SSSR count). The smallest absolute Gasteiger partial charge is 0.325 e. The minimum Gasteiger partial charge on any atom is -0.480 e. The lowest BCUT2D eigenvalue weighted by Gasteiger charge is -2.11. The van der Waals surface area contributed by atoms with Gasteiger partial charge in [0.15, 0.2) is 11.6 Å². The van der Waals surface area contributed by atoms with Crippen molar-refractivity contribution in [1.29, 1.82) is 5.26 Å². The van der Waals surface area contributed by atoms with E-state index >= 15 is 4.39 Å². The molecule has 0 aliphatic heterocycles. The number of aryl methyl sites for hydroxylation is 1. The Balaban J connectivity index is 1.61. The molecule has 2 aromatic heterocycles. The van der Waals surface area contributed by atoms with Gasteiger partial charge < -0.3 is 14.3 Å². The number of benzene rings is 2. The number of aromatic nitrogens is 4. The fourth-order valence-corrected chi connectivity index (χ4v) is 3.89. The van der Waals surface area contributed by atoms with E-state index in [0.717, 1.165) is 0 Å². The third kappa shape index (κ3) is 5.11. The van der Waals surface area contributed by atoms with Gasteiger partial charge in [-0.25, -0.2) is 4.39 Å². The summed E-state index contributed by atoms with van der Waals surface area (Å²) in [5.74, 6) is -1.61. The van der Waals surface area contributed by atoms with Crippen molar-refractivity contribution in [2.75, 3.05) is 0 Å². The molecule has 178 valence electrons. The van der Waals surface area contributed by atoms with E-state index in [4.69, 9.17) is 42.7 Å². The third-order valence-electron chi connectivity index (χ3n) is 5.04. The van der Waals surface area contributed by atoms with Gasteiger partial charge >= 0.3 is 5.97 Å². The summed E-state index contributed by atoms with van der Waals surface area (Å²) in [5, 5.41) is 30.6. The summed E-state index contributed by atoms with van der Waals surface area (Å²) in [7, 11) is 0. The quantitative estimate of drug-likeness (QED) is 0.349. The van der Waals surface area contributed by atoms with Gasteiger partial charge in [0.25, 0.3) is 5.89 Å². The first-order chi connectivity index (χ1) is 16.7. The summed E-state index contributed by atoms with van der Waals surface area (Å²) in [5.41, 5.74) is 2.00. The maximum atomic E-state index is 15.3. The second-order valence-electron chi connectivity index (χ2n) is 7.51. The normalized spacial score (nSPS) is 10.9. The Labute approximate surface area is 208 Å². The van der Waals surface area contributed by atoms with Gasteiger partial charge in [-0.15, -0.1) is 10.2 Å². The minimum atomic E-state index is -1.04. The first kappa shape index (κ1) is 24.2. The summed E-state index contributed by atoms with van der Waals surface area (Å²) in [4.78, 5) is 11.0. The second-order valence-corrected chi connectivity index (χ2v) is 8.36. The van der Waals surface area contributed by atoms with Gasteiger partial charge in [-0.2, -0.15) is 10.4 Å². The van der Waals surface area contributed by atoms with E-state index in [1.54, 1.807) is 13.8 Å². The number of hydrogen-bond donors (Lipinski definition) is 1. The van der Waals surface area contributed by atoms with Crippen molar-refractivity contribution in [2.45, 2.75) is 26.8 Å². The van der Waals surface area contributed by atoms with Crippen LogP contribution in [0.2, 0.25) is 10.0 Å². The minimum absolute atomic E-state index is 0.0213. The highest BCUT2D eigenvalue weighted by atomic mass is 35.5. The molecule has 0 saturated heterocycles. The topological polar surface area (TPSA) is 127 Å². The number of nitrogens with zero attached hydrogens (tertiary/aromatic N) is 5. The molecule has 0 spiro atoms. The average Bonchev–Trinajstić information content (AvgIpc) is 3.35. The van der Waals surface area contributed by atoms with Crippen LogP contribution in [0.5, 0.6) is 11.5 Å². The maximum absolute atomic E-state index is 15.3. The molecule has 0 atom stereocenters. The largest absolute Gasteiger partial charge is 0.480 e. The van der Waals surface area contributed by atoms with Gasteiger partial charge in [0.1, 0.15) is 12.3 Å². The molecule has 35 heavy (non-hydrogen) atoms. The Morgan fingerprint density at radius 2 is 2.03 bits per heavy atom. The van der Waals surface area contributed by atoms with Crippen molar-refractivity contribution in [3.63, 3.8) is 0 Å². The molecule has 2 aromatic carbocycles. The Hall–Kier alpha value is -3.94. The molecule has 12 heteroatoms. The fourth-order valence-electron chi connectivity index (χ4n) is 3.48. The van der Waals surface area contributed by atoms with Crippen molar-refractivity contribution in [2.24, 2.45) is 0 Å². The SMILES string of the molecule is Cc1nn(CC(=O)O)c(C)c1-c1nnc(Cc2ccc(Cl)c(Oc3cc(Cl)cc(C#N)c3)c2F)o1. The zero-order valence-electron chi connectivity index (χ0n) is 18.3. The van der Waals surface area contributed by atoms with Crippen LogP contribution < -0.4 is 4.74 Å². The van der Waals surface area contributed by atoms with Crippen LogP contribution in [0, 0.1) is 31.0 Å². The molecule has 0 bridgehead atoms. The van der Waals surface area contributed by atoms with E-state index in [2.05, 4.69) is 15.3 Å². The molecule has 0 amide bonds. The van der Waals surface area contributed by atoms with Gasteiger partial charge in [-0.1, -0.05) is 29.3 Å². The van der Waals surface area contributed by atoms with Gasteiger partial charge in [0, 0.05) is 16.3 Å². The lowest BCUT2D eigenvalue weighted by molar-refractivity contribution is -0.137.